The number of nitrogens with zero attached hydrogens (tertiary/aromatic N) is 1. The highest BCUT2D eigenvalue weighted by atomic mass is 16.1. The van der Waals surface area contributed by atoms with Crippen LogP contribution in [0.4, 0.5) is 0 Å². The molecule has 0 spiro atoms. The van der Waals surface area contributed by atoms with E-state index < -0.39 is 0 Å². The van der Waals surface area contributed by atoms with Crippen LogP contribution in [0.3, 0.4) is 0 Å². The third-order valence-corrected chi connectivity index (χ3v) is 4.44. The van der Waals surface area contributed by atoms with Gasteiger partial charge in [-0.2, -0.15) is 0 Å². The molecule has 1 aromatic heterocycles. The van der Waals surface area contributed by atoms with Gasteiger partial charge in [-0.3, -0.25) is 4.79 Å². The molecule has 0 atom stereocenters. The van der Waals surface area contributed by atoms with E-state index in [4.69, 9.17) is 0 Å². The van der Waals surface area contributed by atoms with Crippen molar-refractivity contribution in [3.05, 3.63) is 23.5 Å². The Hall–Kier alpha value is -1.05. The Labute approximate surface area is 104 Å². The molecule has 1 aliphatic rings. The molecule has 0 saturated heterocycles. The van der Waals surface area contributed by atoms with E-state index in [1.165, 1.54) is 11.3 Å². The molecule has 0 radical (unpaired) electrons. The topological polar surface area (TPSA) is 22.0 Å². The number of Topliss-reactive ketones (excluding diaryl/α,β-unsaturated/α-hetero) is 1. The Morgan fingerprint density at radius 3 is 2.59 bits per heavy atom. The lowest BCUT2D eigenvalue weighted by molar-refractivity contribution is -0.130. The molecule has 1 aromatic rings. The summed E-state index contributed by atoms with van der Waals surface area (Å²) in [5.74, 6) is 0.450. The lowest BCUT2D eigenvalue weighted by Crippen LogP contribution is -2.40. The molecule has 0 bridgehead atoms. The molecule has 0 aliphatic carbocycles. The molecule has 2 rings (SSSR count). The Kier molecular flexibility index (Phi) is 3.41. The summed E-state index contributed by atoms with van der Waals surface area (Å²) in [4.78, 5) is 12.4. The van der Waals surface area contributed by atoms with Crippen molar-refractivity contribution in [2.24, 2.45) is 5.41 Å². The first-order valence-corrected chi connectivity index (χ1v) is 6.87. The quantitative estimate of drug-likeness (QED) is 0.781. The maximum Gasteiger partial charge on any atom is 0.146 e. The van der Waals surface area contributed by atoms with E-state index in [0.29, 0.717) is 12.2 Å². The molecule has 2 nitrogen and oxygen atoms in total. The fraction of sp³-hybridized carbons (Fsp3) is 0.667. The maximum absolute atomic E-state index is 12.4. The molecular formula is C15H23NO. The van der Waals surface area contributed by atoms with Crippen LogP contribution < -0.4 is 0 Å². The second kappa shape index (κ2) is 4.67. The zero-order valence-electron chi connectivity index (χ0n) is 11.3. The van der Waals surface area contributed by atoms with E-state index >= 15 is 0 Å². The summed E-state index contributed by atoms with van der Waals surface area (Å²) < 4.78 is 2.32. The monoisotopic (exact) mass is 233 g/mol. The van der Waals surface area contributed by atoms with Crippen LogP contribution in [-0.4, -0.2) is 10.4 Å². The number of ketones is 1. The fourth-order valence-corrected chi connectivity index (χ4v) is 3.03. The summed E-state index contributed by atoms with van der Waals surface area (Å²) in [5.41, 5.74) is 2.55. The van der Waals surface area contributed by atoms with Gasteiger partial charge in [0.15, 0.2) is 0 Å². The molecule has 0 saturated carbocycles. The van der Waals surface area contributed by atoms with E-state index in [1.807, 2.05) is 0 Å². The smallest absolute Gasteiger partial charge is 0.146 e. The molecule has 94 valence electrons. The van der Waals surface area contributed by atoms with Crippen molar-refractivity contribution < 1.29 is 4.79 Å². The van der Waals surface area contributed by atoms with Gasteiger partial charge in [0.05, 0.1) is 0 Å². The number of rotatable bonds is 4. The first-order valence-electron chi connectivity index (χ1n) is 6.87. The first-order chi connectivity index (χ1) is 8.16. The summed E-state index contributed by atoms with van der Waals surface area (Å²) in [6, 6.07) is 2.20. The molecule has 0 N–H and O–H groups in total. The van der Waals surface area contributed by atoms with Gasteiger partial charge in [0.2, 0.25) is 0 Å². The maximum atomic E-state index is 12.4. The molecule has 0 unspecified atom stereocenters. The van der Waals surface area contributed by atoms with Crippen molar-refractivity contribution in [2.45, 2.75) is 59.4 Å². The van der Waals surface area contributed by atoms with Gasteiger partial charge < -0.3 is 4.57 Å². The molecule has 1 aliphatic heterocycles. The first kappa shape index (κ1) is 12.4. The predicted molar refractivity (Wildman–Crippen MR) is 70.2 cm³/mol. The van der Waals surface area contributed by atoms with Crippen LogP contribution >= 0.6 is 0 Å². The number of hydrogen-bond acceptors (Lipinski definition) is 1. The lowest BCUT2D eigenvalue weighted by Gasteiger charge is -2.35. The molecule has 2 heterocycles. The van der Waals surface area contributed by atoms with E-state index in [9.17, 15) is 4.79 Å². The van der Waals surface area contributed by atoms with Crippen molar-refractivity contribution in [3.8, 4) is 0 Å². The highest BCUT2D eigenvalue weighted by Crippen LogP contribution is 2.36. The SMILES string of the molecule is CCCc1ccn2c1CC(=O)C(CC)(CC)C2. The third-order valence-electron chi connectivity index (χ3n) is 4.44. The van der Waals surface area contributed by atoms with Gasteiger partial charge in [-0.1, -0.05) is 27.2 Å². The highest BCUT2D eigenvalue weighted by molar-refractivity contribution is 5.87. The van der Waals surface area contributed by atoms with Gasteiger partial charge >= 0.3 is 0 Å². The van der Waals surface area contributed by atoms with Crippen molar-refractivity contribution in [2.75, 3.05) is 0 Å². The number of carbonyl (C=O) groups excluding carboxylic acids is 1. The average molecular weight is 233 g/mol. The van der Waals surface area contributed by atoms with Crippen molar-refractivity contribution in [3.63, 3.8) is 0 Å². The zero-order valence-corrected chi connectivity index (χ0v) is 11.3. The van der Waals surface area contributed by atoms with Crippen LogP contribution in [0.15, 0.2) is 12.3 Å². The zero-order chi connectivity index (χ0) is 12.5. The Bertz CT molecular complexity index is 413. The second-order valence-corrected chi connectivity index (χ2v) is 5.25. The van der Waals surface area contributed by atoms with Gasteiger partial charge in [0.1, 0.15) is 5.78 Å². The Morgan fingerprint density at radius 1 is 1.29 bits per heavy atom. The number of hydrogen-bond donors (Lipinski definition) is 0. The van der Waals surface area contributed by atoms with Crippen LogP contribution in [0.25, 0.3) is 0 Å². The average Bonchev–Trinajstić information content (AvgIpc) is 2.71. The van der Waals surface area contributed by atoms with Crippen LogP contribution in [0.5, 0.6) is 0 Å². The molecule has 0 aromatic carbocycles. The number of fused-ring (bicyclic) bond motifs is 1. The van der Waals surface area contributed by atoms with Gasteiger partial charge in [0, 0.05) is 30.3 Å². The predicted octanol–water partition coefficient (Wildman–Crippen LogP) is 3.37. The minimum Gasteiger partial charge on any atom is -0.350 e. The number of aryl methyl sites for hydroxylation is 1. The van der Waals surface area contributed by atoms with Crippen molar-refractivity contribution in [1.82, 2.24) is 4.57 Å². The summed E-state index contributed by atoms with van der Waals surface area (Å²) >= 11 is 0. The van der Waals surface area contributed by atoms with Crippen LogP contribution in [0.2, 0.25) is 0 Å². The van der Waals surface area contributed by atoms with E-state index in [0.717, 1.165) is 32.2 Å². The number of carbonyl (C=O) groups is 1. The molecule has 0 fully saturated rings. The molecule has 17 heavy (non-hydrogen) atoms. The Morgan fingerprint density at radius 2 is 2.00 bits per heavy atom. The van der Waals surface area contributed by atoms with Crippen LogP contribution in [-0.2, 0) is 24.2 Å². The Balaban J connectivity index is 2.34. The second-order valence-electron chi connectivity index (χ2n) is 5.25. The highest BCUT2D eigenvalue weighted by Gasteiger charge is 2.39. The molecule has 0 amide bonds. The lowest BCUT2D eigenvalue weighted by atomic mass is 9.74. The van der Waals surface area contributed by atoms with Gasteiger partial charge in [-0.15, -0.1) is 0 Å². The normalized spacial score (nSPS) is 18.2. The summed E-state index contributed by atoms with van der Waals surface area (Å²) in [5, 5.41) is 0. The van der Waals surface area contributed by atoms with Crippen molar-refractivity contribution >= 4 is 5.78 Å². The minimum atomic E-state index is -0.102. The van der Waals surface area contributed by atoms with Crippen LogP contribution in [0, 0.1) is 5.41 Å². The van der Waals surface area contributed by atoms with E-state index in [2.05, 4.69) is 37.6 Å². The van der Waals surface area contributed by atoms with Gasteiger partial charge in [0.25, 0.3) is 0 Å². The standard InChI is InChI=1S/C15H23NO/c1-4-7-12-8-9-16-11-15(5-2,6-3)14(17)10-13(12)16/h8-9H,4-7,10-11H2,1-3H3. The van der Waals surface area contributed by atoms with Crippen molar-refractivity contribution in [1.29, 1.82) is 0 Å². The van der Waals surface area contributed by atoms with E-state index in [1.54, 1.807) is 0 Å². The van der Waals surface area contributed by atoms with E-state index in [-0.39, 0.29) is 5.41 Å². The third kappa shape index (κ3) is 1.94. The van der Waals surface area contributed by atoms with Gasteiger partial charge in [-0.25, -0.2) is 0 Å². The summed E-state index contributed by atoms with van der Waals surface area (Å²) in [7, 11) is 0. The largest absolute Gasteiger partial charge is 0.350 e. The molecular weight excluding hydrogens is 210 g/mol. The summed E-state index contributed by atoms with van der Waals surface area (Å²) in [6.07, 6.45) is 6.99. The fourth-order valence-electron chi connectivity index (χ4n) is 3.03. The number of aromatic nitrogens is 1. The summed E-state index contributed by atoms with van der Waals surface area (Å²) in [6.45, 7) is 7.36. The van der Waals surface area contributed by atoms with Gasteiger partial charge in [-0.05, 0) is 30.9 Å². The minimum absolute atomic E-state index is 0.102. The molecule has 2 heteroatoms. The van der Waals surface area contributed by atoms with Crippen LogP contribution in [0.1, 0.15) is 51.3 Å².